The zero-order valence-corrected chi connectivity index (χ0v) is 17.3. The second kappa shape index (κ2) is 7.92. The Bertz CT molecular complexity index is 1320. The molecule has 0 spiro atoms. The molecule has 0 amide bonds. The normalized spacial score (nSPS) is 11.5. The first-order chi connectivity index (χ1) is 14.7. The summed E-state index contributed by atoms with van der Waals surface area (Å²) < 4.78 is 10.6. The molecule has 150 valence electrons. The Morgan fingerprint density at radius 3 is 2.27 bits per heavy atom. The van der Waals surface area contributed by atoms with E-state index in [1.807, 2.05) is 0 Å². The van der Waals surface area contributed by atoms with E-state index in [0.29, 0.717) is 6.61 Å². The summed E-state index contributed by atoms with van der Waals surface area (Å²) in [5.74, 6) is 0. The van der Waals surface area contributed by atoms with Crippen LogP contribution in [0.5, 0.6) is 12.0 Å². The van der Waals surface area contributed by atoms with Gasteiger partial charge in [-0.3, -0.25) is 0 Å². The first-order valence-corrected chi connectivity index (χ1v) is 10.3. The van der Waals surface area contributed by atoms with Crippen LogP contribution >= 0.6 is 11.6 Å². The van der Waals surface area contributed by atoms with E-state index in [-0.39, 0.29) is 17.3 Å². The SMILES string of the molecule is COc1nc(Cl)nc(OCCCCc2ccc3ccc4cccc5ccc2c3c45)n1. The van der Waals surface area contributed by atoms with Gasteiger partial charge in [0, 0.05) is 0 Å². The molecule has 4 aromatic carbocycles. The van der Waals surface area contributed by atoms with Crippen LogP contribution in [0.4, 0.5) is 0 Å². The highest BCUT2D eigenvalue weighted by atomic mass is 35.5. The lowest BCUT2D eigenvalue weighted by molar-refractivity contribution is 0.273. The fourth-order valence-corrected chi connectivity index (χ4v) is 4.21. The molecule has 5 aromatic rings. The third-order valence-electron chi connectivity index (χ3n) is 5.44. The summed E-state index contributed by atoms with van der Waals surface area (Å²) >= 11 is 5.85. The second-order valence-corrected chi connectivity index (χ2v) is 7.60. The molecule has 0 aliphatic carbocycles. The van der Waals surface area contributed by atoms with Crippen molar-refractivity contribution in [3.05, 3.63) is 65.4 Å². The van der Waals surface area contributed by atoms with E-state index < -0.39 is 0 Å². The molecule has 5 nitrogen and oxygen atoms in total. The summed E-state index contributed by atoms with van der Waals surface area (Å²) in [5, 5.41) is 8.01. The molecule has 0 aliphatic rings. The summed E-state index contributed by atoms with van der Waals surface area (Å²) in [6, 6.07) is 20.2. The predicted octanol–water partition coefficient (Wildman–Crippen LogP) is 5.83. The van der Waals surface area contributed by atoms with E-state index in [1.165, 1.54) is 45.0 Å². The van der Waals surface area contributed by atoms with Crippen molar-refractivity contribution in [1.29, 1.82) is 0 Å². The number of hydrogen-bond donors (Lipinski definition) is 0. The molecule has 0 atom stereocenters. The van der Waals surface area contributed by atoms with E-state index in [0.717, 1.165) is 19.3 Å². The van der Waals surface area contributed by atoms with Crippen molar-refractivity contribution < 1.29 is 9.47 Å². The molecule has 0 bridgehead atoms. The number of aromatic nitrogens is 3. The topological polar surface area (TPSA) is 57.1 Å². The molecule has 0 saturated heterocycles. The van der Waals surface area contributed by atoms with Gasteiger partial charge in [-0.15, -0.1) is 4.98 Å². The lowest BCUT2D eigenvalue weighted by Crippen LogP contribution is -2.04. The van der Waals surface area contributed by atoms with Crippen molar-refractivity contribution in [1.82, 2.24) is 15.0 Å². The lowest BCUT2D eigenvalue weighted by atomic mass is 9.91. The number of halogens is 1. The highest BCUT2D eigenvalue weighted by Gasteiger charge is 2.11. The first kappa shape index (κ1) is 18.8. The van der Waals surface area contributed by atoms with Crippen LogP contribution < -0.4 is 9.47 Å². The molecular formula is C24H20ClN3O2. The minimum atomic E-state index is 0.0606. The van der Waals surface area contributed by atoms with Crippen LogP contribution in [0, 0.1) is 0 Å². The predicted molar refractivity (Wildman–Crippen MR) is 120 cm³/mol. The van der Waals surface area contributed by atoms with Gasteiger partial charge in [0.2, 0.25) is 5.28 Å². The lowest BCUT2D eigenvalue weighted by Gasteiger charge is -2.14. The highest BCUT2D eigenvalue weighted by molar-refractivity contribution is 6.28. The molecule has 0 radical (unpaired) electrons. The van der Waals surface area contributed by atoms with Crippen molar-refractivity contribution in [2.75, 3.05) is 13.7 Å². The maximum absolute atomic E-state index is 5.85. The van der Waals surface area contributed by atoms with Crippen molar-refractivity contribution in [2.45, 2.75) is 19.3 Å². The smallest absolute Gasteiger partial charge is 0.323 e. The quantitative estimate of drug-likeness (QED) is 0.246. The molecule has 0 aliphatic heterocycles. The van der Waals surface area contributed by atoms with Gasteiger partial charge in [0.05, 0.1) is 13.7 Å². The van der Waals surface area contributed by atoms with Gasteiger partial charge in [0.1, 0.15) is 0 Å². The van der Waals surface area contributed by atoms with Gasteiger partial charge in [-0.2, -0.15) is 9.97 Å². The monoisotopic (exact) mass is 417 g/mol. The number of nitrogens with zero attached hydrogens (tertiary/aromatic N) is 3. The van der Waals surface area contributed by atoms with Gasteiger partial charge in [-0.1, -0.05) is 54.6 Å². The van der Waals surface area contributed by atoms with Gasteiger partial charge in [0.25, 0.3) is 0 Å². The van der Waals surface area contributed by atoms with E-state index >= 15 is 0 Å². The van der Waals surface area contributed by atoms with Crippen LogP contribution in [0.1, 0.15) is 18.4 Å². The minimum Gasteiger partial charge on any atom is -0.467 e. The number of unbranched alkanes of at least 4 members (excludes halogenated alkanes) is 1. The van der Waals surface area contributed by atoms with Crippen LogP contribution in [0.25, 0.3) is 32.3 Å². The number of ether oxygens (including phenoxy) is 2. The largest absolute Gasteiger partial charge is 0.467 e. The van der Waals surface area contributed by atoms with Gasteiger partial charge < -0.3 is 9.47 Å². The molecule has 30 heavy (non-hydrogen) atoms. The number of benzene rings is 4. The standard InChI is InChI=1S/C24H20ClN3O2/c1-29-23-26-22(25)27-24(28-23)30-14-3-2-5-15-8-9-18-11-10-16-6-4-7-17-12-13-19(15)21(18)20(16)17/h4,6-13H,2-3,5,14H2,1H3. The zero-order chi connectivity index (χ0) is 20.5. The molecule has 0 N–H and O–H groups in total. The average Bonchev–Trinajstić information content (AvgIpc) is 2.77. The summed E-state index contributed by atoms with van der Waals surface area (Å²) in [6.07, 6.45) is 2.87. The minimum absolute atomic E-state index is 0.0606. The van der Waals surface area contributed by atoms with Crippen LogP contribution in [0.2, 0.25) is 5.28 Å². The third-order valence-corrected chi connectivity index (χ3v) is 5.61. The molecule has 6 heteroatoms. The summed E-state index contributed by atoms with van der Waals surface area (Å²) in [7, 11) is 1.48. The fourth-order valence-electron chi connectivity index (χ4n) is 4.07. The Kier molecular flexibility index (Phi) is 4.97. The number of aryl methyl sites for hydroxylation is 1. The van der Waals surface area contributed by atoms with Crippen molar-refractivity contribution in [3.63, 3.8) is 0 Å². The Morgan fingerprint density at radius 1 is 0.767 bits per heavy atom. The second-order valence-electron chi connectivity index (χ2n) is 7.26. The molecular weight excluding hydrogens is 398 g/mol. The van der Waals surface area contributed by atoms with Crippen molar-refractivity contribution >= 4 is 43.9 Å². The first-order valence-electron chi connectivity index (χ1n) is 9.97. The van der Waals surface area contributed by atoms with Gasteiger partial charge in [0.15, 0.2) is 0 Å². The van der Waals surface area contributed by atoms with E-state index in [9.17, 15) is 0 Å². The van der Waals surface area contributed by atoms with Crippen molar-refractivity contribution in [2.24, 2.45) is 0 Å². The van der Waals surface area contributed by atoms with E-state index in [1.54, 1.807) is 0 Å². The highest BCUT2D eigenvalue weighted by Crippen LogP contribution is 2.36. The maximum atomic E-state index is 5.85. The Labute approximate surface area is 179 Å². The summed E-state index contributed by atoms with van der Waals surface area (Å²) in [5.41, 5.74) is 1.37. The van der Waals surface area contributed by atoms with Crippen LogP contribution in [-0.2, 0) is 6.42 Å². The van der Waals surface area contributed by atoms with Gasteiger partial charge in [-0.25, -0.2) is 0 Å². The molecule has 1 heterocycles. The fraction of sp³-hybridized carbons (Fsp3) is 0.208. The Hall–Kier alpha value is -3.18. The molecule has 1 aromatic heterocycles. The Morgan fingerprint density at radius 2 is 1.47 bits per heavy atom. The summed E-state index contributed by atoms with van der Waals surface area (Å²) in [4.78, 5) is 11.9. The van der Waals surface area contributed by atoms with Crippen LogP contribution in [0.3, 0.4) is 0 Å². The van der Waals surface area contributed by atoms with Crippen LogP contribution in [0.15, 0.2) is 54.6 Å². The van der Waals surface area contributed by atoms with E-state index in [2.05, 4.69) is 69.5 Å². The van der Waals surface area contributed by atoms with Crippen LogP contribution in [-0.4, -0.2) is 28.7 Å². The number of methoxy groups -OCH3 is 1. The van der Waals surface area contributed by atoms with Gasteiger partial charge in [-0.05, 0) is 68.7 Å². The molecule has 0 saturated carbocycles. The number of rotatable bonds is 7. The summed E-state index contributed by atoms with van der Waals surface area (Å²) in [6.45, 7) is 0.509. The van der Waals surface area contributed by atoms with E-state index in [4.69, 9.17) is 21.1 Å². The number of hydrogen-bond acceptors (Lipinski definition) is 5. The molecule has 0 fully saturated rings. The molecule has 0 unspecified atom stereocenters. The maximum Gasteiger partial charge on any atom is 0.323 e. The average molecular weight is 418 g/mol. The Balaban J connectivity index is 1.31. The zero-order valence-electron chi connectivity index (χ0n) is 16.6. The third kappa shape index (κ3) is 3.46. The van der Waals surface area contributed by atoms with Gasteiger partial charge >= 0.3 is 12.0 Å². The van der Waals surface area contributed by atoms with Crippen molar-refractivity contribution in [3.8, 4) is 12.0 Å². The molecule has 5 rings (SSSR count).